The molecule has 1 aliphatic carbocycles. The summed E-state index contributed by atoms with van der Waals surface area (Å²) in [7, 11) is 2.05. The molecule has 0 aromatic heterocycles. The molecule has 2 N–H and O–H groups in total. The van der Waals surface area contributed by atoms with E-state index in [2.05, 4.69) is 21.8 Å². The first-order chi connectivity index (χ1) is 7.77. The fraction of sp³-hybridized carbons (Fsp3) is 0.917. The lowest BCUT2D eigenvalue weighted by Gasteiger charge is -2.25. The van der Waals surface area contributed by atoms with Gasteiger partial charge in [-0.15, -0.1) is 24.0 Å². The SMILES string of the molecule is CN(C(N)=NCCN1CCCCC1)C1CC1.I. The molecule has 4 nitrogen and oxygen atoms in total. The fourth-order valence-corrected chi connectivity index (χ4v) is 2.25. The maximum atomic E-state index is 5.93. The number of guanidine groups is 1. The first-order valence-electron chi connectivity index (χ1n) is 6.52. The van der Waals surface area contributed by atoms with Crippen LogP contribution in [-0.2, 0) is 0 Å². The predicted octanol–water partition coefficient (Wildman–Crippen LogP) is 1.50. The highest BCUT2D eigenvalue weighted by molar-refractivity contribution is 14.0. The van der Waals surface area contributed by atoms with Crippen molar-refractivity contribution in [2.75, 3.05) is 33.2 Å². The minimum absolute atomic E-state index is 0. The van der Waals surface area contributed by atoms with Crippen molar-refractivity contribution in [2.24, 2.45) is 10.7 Å². The Morgan fingerprint density at radius 3 is 2.53 bits per heavy atom. The molecular formula is C12H25IN4. The minimum Gasteiger partial charge on any atom is -0.370 e. The molecular weight excluding hydrogens is 327 g/mol. The molecule has 0 bridgehead atoms. The number of nitrogens with two attached hydrogens (primary N) is 1. The van der Waals surface area contributed by atoms with Crippen molar-refractivity contribution in [1.29, 1.82) is 0 Å². The third-order valence-electron chi connectivity index (χ3n) is 3.59. The van der Waals surface area contributed by atoms with E-state index < -0.39 is 0 Å². The molecule has 5 heteroatoms. The molecule has 0 atom stereocenters. The van der Waals surface area contributed by atoms with Crippen molar-refractivity contribution in [1.82, 2.24) is 9.80 Å². The van der Waals surface area contributed by atoms with Crippen molar-refractivity contribution in [3.8, 4) is 0 Å². The molecule has 1 saturated heterocycles. The van der Waals surface area contributed by atoms with E-state index in [1.54, 1.807) is 0 Å². The second-order valence-corrected chi connectivity index (χ2v) is 4.98. The van der Waals surface area contributed by atoms with Crippen LogP contribution < -0.4 is 5.73 Å². The first-order valence-corrected chi connectivity index (χ1v) is 6.52. The second kappa shape index (κ2) is 7.41. The molecule has 0 spiro atoms. The normalized spacial score (nSPS) is 22.1. The summed E-state index contributed by atoms with van der Waals surface area (Å²) < 4.78 is 0. The van der Waals surface area contributed by atoms with Crippen molar-refractivity contribution in [3.05, 3.63) is 0 Å². The molecule has 100 valence electrons. The van der Waals surface area contributed by atoms with Crippen molar-refractivity contribution < 1.29 is 0 Å². The van der Waals surface area contributed by atoms with Crippen LogP contribution in [0.15, 0.2) is 4.99 Å². The maximum Gasteiger partial charge on any atom is 0.191 e. The van der Waals surface area contributed by atoms with E-state index in [1.165, 1.54) is 45.2 Å². The Labute approximate surface area is 122 Å². The number of aliphatic imine (C=N–C) groups is 1. The summed E-state index contributed by atoms with van der Waals surface area (Å²) in [5, 5.41) is 0. The van der Waals surface area contributed by atoms with Gasteiger partial charge in [0.2, 0.25) is 0 Å². The number of halogens is 1. The topological polar surface area (TPSA) is 44.9 Å². The summed E-state index contributed by atoms with van der Waals surface area (Å²) in [6.07, 6.45) is 6.65. The molecule has 1 aliphatic heterocycles. The van der Waals surface area contributed by atoms with Gasteiger partial charge in [-0.25, -0.2) is 0 Å². The highest BCUT2D eigenvalue weighted by atomic mass is 127. The van der Waals surface area contributed by atoms with Crippen LogP contribution in [0.1, 0.15) is 32.1 Å². The van der Waals surface area contributed by atoms with Gasteiger partial charge in [-0.2, -0.15) is 0 Å². The summed E-state index contributed by atoms with van der Waals surface area (Å²) >= 11 is 0. The number of rotatable bonds is 4. The van der Waals surface area contributed by atoms with Gasteiger partial charge in [0, 0.05) is 19.6 Å². The molecule has 1 saturated carbocycles. The summed E-state index contributed by atoms with van der Waals surface area (Å²) in [6.45, 7) is 4.41. The van der Waals surface area contributed by atoms with Gasteiger partial charge in [0.15, 0.2) is 5.96 Å². The Kier molecular flexibility index (Phi) is 6.54. The lowest BCUT2D eigenvalue weighted by atomic mass is 10.1. The van der Waals surface area contributed by atoms with Gasteiger partial charge in [0.25, 0.3) is 0 Å². The van der Waals surface area contributed by atoms with Crippen molar-refractivity contribution in [2.45, 2.75) is 38.1 Å². The molecule has 17 heavy (non-hydrogen) atoms. The van der Waals surface area contributed by atoms with E-state index in [9.17, 15) is 0 Å². The minimum atomic E-state index is 0. The molecule has 2 aliphatic rings. The Morgan fingerprint density at radius 1 is 1.29 bits per heavy atom. The third kappa shape index (κ3) is 4.99. The van der Waals surface area contributed by atoms with Gasteiger partial charge in [-0.1, -0.05) is 6.42 Å². The molecule has 2 fully saturated rings. The fourth-order valence-electron chi connectivity index (χ4n) is 2.25. The first kappa shape index (κ1) is 15.0. The standard InChI is InChI=1S/C12H24N4.HI/c1-15(11-5-6-11)12(13)14-7-10-16-8-3-2-4-9-16;/h11H,2-10H2,1H3,(H2,13,14);1H. The highest BCUT2D eigenvalue weighted by Crippen LogP contribution is 2.24. The molecule has 0 radical (unpaired) electrons. The van der Waals surface area contributed by atoms with Crippen LogP contribution in [0.5, 0.6) is 0 Å². The summed E-state index contributed by atoms with van der Waals surface area (Å²) in [6, 6.07) is 0.665. The van der Waals surface area contributed by atoms with Crippen LogP contribution in [-0.4, -0.2) is 55.0 Å². The van der Waals surface area contributed by atoms with Crippen molar-refractivity contribution >= 4 is 29.9 Å². The Balaban J connectivity index is 0.00000144. The van der Waals surface area contributed by atoms with Gasteiger partial charge in [-0.3, -0.25) is 4.99 Å². The van der Waals surface area contributed by atoms with Gasteiger partial charge < -0.3 is 15.5 Å². The number of hydrogen-bond donors (Lipinski definition) is 1. The van der Waals surface area contributed by atoms with Gasteiger partial charge in [0.05, 0.1) is 6.54 Å². The predicted molar refractivity (Wildman–Crippen MR) is 83.0 cm³/mol. The van der Waals surface area contributed by atoms with Crippen LogP contribution in [0.3, 0.4) is 0 Å². The van der Waals surface area contributed by atoms with E-state index >= 15 is 0 Å². The molecule has 0 amide bonds. The van der Waals surface area contributed by atoms with Crippen LogP contribution in [0.4, 0.5) is 0 Å². The zero-order valence-corrected chi connectivity index (χ0v) is 13.1. The average Bonchev–Trinajstić information content (AvgIpc) is 3.13. The van der Waals surface area contributed by atoms with E-state index in [0.717, 1.165) is 19.0 Å². The lowest BCUT2D eigenvalue weighted by molar-refractivity contribution is 0.235. The van der Waals surface area contributed by atoms with Gasteiger partial charge >= 0.3 is 0 Å². The largest absolute Gasteiger partial charge is 0.370 e. The Hall–Kier alpha value is -0.0400. The van der Waals surface area contributed by atoms with Gasteiger partial charge in [-0.05, 0) is 38.8 Å². The molecule has 0 unspecified atom stereocenters. The van der Waals surface area contributed by atoms with Crippen LogP contribution in [0.25, 0.3) is 0 Å². The smallest absolute Gasteiger partial charge is 0.191 e. The van der Waals surface area contributed by atoms with E-state index in [4.69, 9.17) is 5.73 Å². The quantitative estimate of drug-likeness (QED) is 0.474. The number of nitrogens with zero attached hydrogens (tertiary/aromatic N) is 3. The zero-order valence-electron chi connectivity index (χ0n) is 10.8. The molecule has 0 aromatic carbocycles. The maximum absolute atomic E-state index is 5.93. The van der Waals surface area contributed by atoms with Gasteiger partial charge in [0.1, 0.15) is 0 Å². The molecule has 1 heterocycles. The second-order valence-electron chi connectivity index (χ2n) is 4.98. The van der Waals surface area contributed by atoms with Crippen LogP contribution >= 0.6 is 24.0 Å². The zero-order chi connectivity index (χ0) is 11.4. The average molecular weight is 352 g/mol. The Bertz CT molecular complexity index is 247. The highest BCUT2D eigenvalue weighted by Gasteiger charge is 2.27. The summed E-state index contributed by atoms with van der Waals surface area (Å²) in [4.78, 5) is 9.08. The van der Waals surface area contributed by atoms with Crippen molar-refractivity contribution in [3.63, 3.8) is 0 Å². The molecule has 0 aromatic rings. The van der Waals surface area contributed by atoms with Crippen LogP contribution in [0.2, 0.25) is 0 Å². The van der Waals surface area contributed by atoms with E-state index in [1.807, 2.05) is 0 Å². The number of piperidine rings is 1. The van der Waals surface area contributed by atoms with E-state index in [-0.39, 0.29) is 24.0 Å². The van der Waals surface area contributed by atoms with Crippen LogP contribution in [0, 0.1) is 0 Å². The lowest BCUT2D eigenvalue weighted by Crippen LogP contribution is -2.37. The number of likely N-dealkylation sites (tertiary alicyclic amines) is 1. The molecule has 2 rings (SSSR count). The van der Waals surface area contributed by atoms with E-state index in [0.29, 0.717) is 6.04 Å². The monoisotopic (exact) mass is 352 g/mol. The summed E-state index contributed by atoms with van der Waals surface area (Å²) in [5.74, 6) is 0.722. The third-order valence-corrected chi connectivity index (χ3v) is 3.59. The Morgan fingerprint density at radius 2 is 1.94 bits per heavy atom. The summed E-state index contributed by atoms with van der Waals surface area (Å²) in [5.41, 5.74) is 5.93. The number of hydrogen-bond acceptors (Lipinski definition) is 2.